The number of carbonyl (C=O) groups is 1. The van der Waals surface area contributed by atoms with Gasteiger partial charge in [0.15, 0.2) is 5.69 Å². The van der Waals surface area contributed by atoms with Crippen molar-refractivity contribution in [3.05, 3.63) is 71.3 Å². The zero-order valence-corrected chi connectivity index (χ0v) is 13.9. The topological polar surface area (TPSA) is 36.7 Å². The molecule has 1 amide bonds. The van der Waals surface area contributed by atoms with Crippen LogP contribution in [-0.4, -0.2) is 25.0 Å². The van der Waals surface area contributed by atoms with E-state index in [4.69, 9.17) is 6.57 Å². The second-order valence-corrected chi connectivity index (χ2v) is 6.26. The first-order valence-corrected chi connectivity index (χ1v) is 8.40. The van der Waals surface area contributed by atoms with E-state index in [1.54, 1.807) is 12.1 Å². The van der Waals surface area contributed by atoms with Crippen molar-refractivity contribution in [3.8, 4) is 0 Å². The minimum atomic E-state index is -0.291. The number of rotatable bonds is 4. The van der Waals surface area contributed by atoms with E-state index >= 15 is 0 Å². The van der Waals surface area contributed by atoms with Crippen LogP contribution >= 0.6 is 0 Å². The number of amides is 1. The van der Waals surface area contributed by atoms with E-state index in [-0.39, 0.29) is 24.2 Å². The molecule has 1 aliphatic heterocycles. The SMILES string of the molecule is [C-]#[N+]c1ccc(N2CCC(NC(=O)Cc3ccc(F)cc3)CC2)cc1. The Balaban J connectivity index is 1.47. The average molecular weight is 337 g/mol. The molecule has 1 N–H and O–H groups in total. The predicted molar refractivity (Wildman–Crippen MR) is 96.2 cm³/mol. The van der Waals surface area contributed by atoms with E-state index in [0.717, 1.165) is 37.2 Å². The van der Waals surface area contributed by atoms with Crippen LogP contribution in [0.2, 0.25) is 0 Å². The summed E-state index contributed by atoms with van der Waals surface area (Å²) >= 11 is 0. The molecule has 128 valence electrons. The summed E-state index contributed by atoms with van der Waals surface area (Å²) in [6.07, 6.45) is 2.05. The number of halogens is 1. The van der Waals surface area contributed by atoms with Gasteiger partial charge in [-0.05, 0) is 42.7 Å². The van der Waals surface area contributed by atoms with Gasteiger partial charge in [-0.25, -0.2) is 9.24 Å². The first-order valence-electron chi connectivity index (χ1n) is 8.40. The molecule has 0 aromatic heterocycles. The maximum atomic E-state index is 12.9. The van der Waals surface area contributed by atoms with Gasteiger partial charge in [-0.3, -0.25) is 4.79 Å². The monoisotopic (exact) mass is 337 g/mol. The number of nitrogens with one attached hydrogen (secondary N) is 1. The van der Waals surface area contributed by atoms with E-state index in [9.17, 15) is 9.18 Å². The second kappa shape index (κ2) is 7.80. The van der Waals surface area contributed by atoms with Crippen LogP contribution in [0.25, 0.3) is 4.85 Å². The molecule has 0 aliphatic carbocycles. The van der Waals surface area contributed by atoms with E-state index in [0.29, 0.717) is 5.69 Å². The van der Waals surface area contributed by atoms with Gasteiger partial charge in [0.25, 0.3) is 0 Å². The van der Waals surface area contributed by atoms with Crippen molar-refractivity contribution in [2.45, 2.75) is 25.3 Å². The van der Waals surface area contributed by atoms with E-state index in [1.165, 1.54) is 12.1 Å². The maximum absolute atomic E-state index is 12.9. The highest BCUT2D eigenvalue weighted by molar-refractivity contribution is 5.78. The van der Waals surface area contributed by atoms with Gasteiger partial charge in [0.2, 0.25) is 5.91 Å². The number of piperidine rings is 1. The molecule has 3 rings (SSSR count). The Kier molecular flexibility index (Phi) is 5.30. The van der Waals surface area contributed by atoms with Crippen LogP contribution in [0.1, 0.15) is 18.4 Å². The van der Waals surface area contributed by atoms with E-state index < -0.39 is 0 Å². The minimum Gasteiger partial charge on any atom is -0.371 e. The summed E-state index contributed by atoms with van der Waals surface area (Å²) in [7, 11) is 0. The van der Waals surface area contributed by atoms with Gasteiger partial charge in [0.05, 0.1) is 13.0 Å². The average Bonchev–Trinajstić information content (AvgIpc) is 2.64. The molecule has 1 saturated heterocycles. The lowest BCUT2D eigenvalue weighted by Gasteiger charge is -2.34. The Morgan fingerprint density at radius 3 is 2.36 bits per heavy atom. The van der Waals surface area contributed by atoms with E-state index in [1.807, 2.05) is 24.3 Å². The third-order valence-electron chi connectivity index (χ3n) is 4.48. The number of hydrogen-bond acceptors (Lipinski definition) is 2. The normalized spacial score (nSPS) is 14.8. The quantitative estimate of drug-likeness (QED) is 0.864. The van der Waals surface area contributed by atoms with Crippen molar-refractivity contribution in [1.29, 1.82) is 0 Å². The summed E-state index contributed by atoms with van der Waals surface area (Å²) in [4.78, 5) is 17.8. The summed E-state index contributed by atoms with van der Waals surface area (Å²) in [5, 5.41) is 3.07. The minimum absolute atomic E-state index is 0.0218. The fraction of sp³-hybridized carbons (Fsp3) is 0.300. The summed E-state index contributed by atoms with van der Waals surface area (Å²) in [6, 6.07) is 13.8. The molecule has 2 aromatic carbocycles. The second-order valence-electron chi connectivity index (χ2n) is 6.26. The molecule has 0 bridgehead atoms. The summed E-state index contributed by atoms with van der Waals surface area (Å²) < 4.78 is 12.9. The van der Waals surface area contributed by atoms with Crippen LogP contribution in [0.15, 0.2) is 48.5 Å². The largest absolute Gasteiger partial charge is 0.371 e. The number of anilines is 1. The van der Waals surface area contributed by atoms with Gasteiger partial charge in [-0.15, -0.1) is 0 Å². The molecule has 1 fully saturated rings. The predicted octanol–water partition coefficient (Wildman–Crippen LogP) is 3.70. The van der Waals surface area contributed by atoms with Gasteiger partial charge >= 0.3 is 0 Å². The maximum Gasteiger partial charge on any atom is 0.224 e. The van der Waals surface area contributed by atoms with Crippen LogP contribution < -0.4 is 10.2 Å². The van der Waals surface area contributed by atoms with Gasteiger partial charge in [0.1, 0.15) is 5.82 Å². The summed E-state index contributed by atoms with van der Waals surface area (Å²) in [5.41, 5.74) is 2.58. The molecule has 5 heteroatoms. The van der Waals surface area contributed by atoms with Crippen molar-refractivity contribution >= 4 is 17.3 Å². The van der Waals surface area contributed by atoms with Crippen LogP contribution in [-0.2, 0) is 11.2 Å². The molecule has 0 radical (unpaired) electrons. The highest BCUT2D eigenvalue weighted by atomic mass is 19.1. The summed E-state index contributed by atoms with van der Waals surface area (Å²) in [5.74, 6) is -0.313. The number of nitrogens with zero attached hydrogens (tertiary/aromatic N) is 2. The Morgan fingerprint density at radius 2 is 1.76 bits per heavy atom. The third-order valence-corrected chi connectivity index (χ3v) is 4.48. The standard InChI is InChI=1S/C20H20FN3O/c1-22-17-6-8-19(9-7-17)24-12-10-18(11-13-24)23-20(25)14-15-2-4-16(21)5-3-15/h2-9,18H,10-14H2,(H,23,25). The fourth-order valence-electron chi connectivity index (χ4n) is 3.09. The molecule has 2 aromatic rings. The molecular formula is C20H20FN3O. The Labute approximate surface area is 147 Å². The molecule has 25 heavy (non-hydrogen) atoms. The van der Waals surface area contributed by atoms with Gasteiger partial charge in [-0.2, -0.15) is 0 Å². The number of carbonyl (C=O) groups excluding carboxylic acids is 1. The fourth-order valence-corrected chi connectivity index (χ4v) is 3.09. The third kappa shape index (κ3) is 4.57. The highest BCUT2D eigenvalue weighted by Gasteiger charge is 2.20. The van der Waals surface area contributed by atoms with Crippen molar-refractivity contribution in [2.75, 3.05) is 18.0 Å². The van der Waals surface area contributed by atoms with E-state index in [2.05, 4.69) is 15.1 Å². The molecule has 0 spiro atoms. The zero-order chi connectivity index (χ0) is 17.6. The van der Waals surface area contributed by atoms with Crippen LogP contribution in [0.3, 0.4) is 0 Å². The number of benzene rings is 2. The van der Waals surface area contributed by atoms with Crippen molar-refractivity contribution in [1.82, 2.24) is 5.32 Å². The van der Waals surface area contributed by atoms with Crippen molar-refractivity contribution in [2.24, 2.45) is 0 Å². The first kappa shape index (κ1) is 17.0. The molecule has 1 aliphatic rings. The lowest BCUT2D eigenvalue weighted by Crippen LogP contribution is -2.45. The van der Waals surface area contributed by atoms with Crippen LogP contribution in [0, 0.1) is 12.4 Å². The van der Waals surface area contributed by atoms with Gasteiger partial charge in [-0.1, -0.05) is 24.3 Å². The lowest BCUT2D eigenvalue weighted by molar-refractivity contribution is -0.121. The molecule has 0 saturated carbocycles. The summed E-state index contributed by atoms with van der Waals surface area (Å²) in [6.45, 7) is 8.74. The Bertz CT molecular complexity index is 757. The van der Waals surface area contributed by atoms with Gasteiger partial charge in [0, 0.05) is 24.8 Å². The first-order chi connectivity index (χ1) is 12.1. The lowest BCUT2D eigenvalue weighted by atomic mass is 10.0. The molecule has 4 nitrogen and oxygen atoms in total. The smallest absolute Gasteiger partial charge is 0.224 e. The molecule has 0 atom stereocenters. The van der Waals surface area contributed by atoms with Crippen LogP contribution in [0.5, 0.6) is 0 Å². The van der Waals surface area contributed by atoms with Crippen LogP contribution in [0.4, 0.5) is 15.8 Å². The highest BCUT2D eigenvalue weighted by Crippen LogP contribution is 2.23. The number of hydrogen-bond donors (Lipinski definition) is 1. The molecule has 1 heterocycles. The Hall–Kier alpha value is -2.87. The molecular weight excluding hydrogens is 317 g/mol. The van der Waals surface area contributed by atoms with Crippen molar-refractivity contribution in [3.63, 3.8) is 0 Å². The zero-order valence-electron chi connectivity index (χ0n) is 13.9. The van der Waals surface area contributed by atoms with Crippen molar-refractivity contribution < 1.29 is 9.18 Å². The van der Waals surface area contributed by atoms with Gasteiger partial charge < -0.3 is 10.2 Å². The molecule has 0 unspecified atom stereocenters. The Morgan fingerprint density at radius 1 is 1.12 bits per heavy atom.